The third kappa shape index (κ3) is 3.99. The van der Waals surface area contributed by atoms with Crippen LogP contribution in [0.1, 0.15) is 61.0 Å². The van der Waals surface area contributed by atoms with Crippen LogP contribution in [0.25, 0.3) is 6.08 Å². The van der Waals surface area contributed by atoms with Gasteiger partial charge in [-0.1, -0.05) is 17.7 Å². The monoisotopic (exact) mass is 452 g/mol. The molecule has 2 aromatic rings. The van der Waals surface area contributed by atoms with E-state index in [4.69, 9.17) is 14.2 Å². The maximum Gasteiger partial charge on any atom is 0.200 e. The van der Waals surface area contributed by atoms with Crippen LogP contribution >= 0.6 is 0 Å². The fraction of sp³-hybridized carbons (Fsp3) is 0.346. The molecule has 0 unspecified atom stereocenters. The number of Topliss-reactive ketones (excluding diaryl/α,β-unsaturated/α-hetero) is 1. The lowest BCUT2D eigenvalue weighted by Gasteiger charge is -2.34. The molecule has 4 rings (SSSR count). The summed E-state index contributed by atoms with van der Waals surface area (Å²) >= 11 is 0. The largest absolute Gasteiger partial charge is 0.507 e. The van der Waals surface area contributed by atoms with Crippen molar-refractivity contribution in [3.8, 4) is 34.5 Å². The van der Waals surface area contributed by atoms with E-state index < -0.39 is 28.8 Å². The smallest absolute Gasteiger partial charge is 0.200 e. The molecule has 0 saturated heterocycles. The van der Waals surface area contributed by atoms with Crippen molar-refractivity contribution < 1.29 is 34.3 Å². The highest BCUT2D eigenvalue weighted by molar-refractivity contribution is 6.08. The molecule has 174 valence electrons. The standard InChI is InChI=1S/C26H28O7/c1-14(2)6-5-10-26(3)11-9-16-20(33-26)12-18(27)21-22(28)17(13-32-25(16)21)15-7-8-19(31-4)24(30)23(15)29/h6-9,11-12,17,27,29-30H,5,10,13H2,1-4H3/t17-,26+/m1/s1. The van der Waals surface area contributed by atoms with E-state index in [0.717, 1.165) is 12.8 Å². The number of carbonyl (C=O) groups excluding carboxylic acids is 1. The van der Waals surface area contributed by atoms with Crippen molar-refractivity contribution in [3.63, 3.8) is 0 Å². The number of fused-ring (bicyclic) bond motifs is 3. The first kappa shape index (κ1) is 22.6. The van der Waals surface area contributed by atoms with Gasteiger partial charge in [0.05, 0.1) is 18.6 Å². The van der Waals surface area contributed by atoms with Gasteiger partial charge in [0, 0.05) is 11.6 Å². The Morgan fingerprint density at radius 2 is 2.00 bits per heavy atom. The van der Waals surface area contributed by atoms with Crippen LogP contribution in [0.15, 0.2) is 35.9 Å². The predicted molar refractivity (Wildman–Crippen MR) is 124 cm³/mol. The molecule has 0 aliphatic carbocycles. The Hall–Kier alpha value is -3.61. The van der Waals surface area contributed by atoms with Gasteiger partial charge in [-0.3, -0.25) is 4.79 Å². The molecule has 7 nitrogen and oxygen atoms in total. The van der Waals surface area contributed by atoms with Crippen LogP contribution in [0.3, 0.4) is 0 Å². The second-order valence-corrected chi connectivity index (χ2v) is 8.86. The molecule has 33 heavy (non-hydrogen) atoms. The molecule has 2 aliphatic rings. The maximum atomic E-state index is 13.3. The van der Waals surface area contributed by atoms with Crippen LogP contribution in [-0.2, 0) is 0 Å². The van der Waals surface area contributed by atoms with E-state index in [1.165, 1.54) is 30.9 Å². The number of phenols is 3. The zero-order valence-electron chi connectivity index (χ0n) is 19.1. The Balaban J connectivity index is 1.67. The Kier molecular flexibility index (Phi) is 5.74. The number of benzene rings is 2. The number of hydrogen-bond donors (Lipinski definition) is 3. The summed E-state index contributed by atoms with van der Waals surface area (Å²) in [6.07, 6.45) is 7.57. The zero-order chi connectivity index (χ0) is 23.9. The minimum atomic E-state index is -0.902. The molecule has 0 bridgehead atoms. The minimum Gasteiger partial charge on any atom is -0.507 e. The summed E-state index contributed by atoms with van der Waals surface area (Å²) < 4.78 is 17.1. The first-order chi connectivity index (χ1) is 15.6. The number of hydrogen-bond acceptors (Lipinski definition) is 7. The second-order valence-electron chi connectivity index (χ2n) is 8.86. The maximum absolute atomic E-state index is 13.3. The van der Waals surface area contributed by atoms with Crippen molar-refractivity contribution >= 4 is 11.9 Å². The molecule has 0 amide bonds. The molecule has 0 spiro atoms. The normalized spacial score (nSPS) is 20.8. The van der Waals surface area contributed by atoms with E-state index in [2.05, 4.69) is 6.08 Å². The quantitative estimate of drug-likeness (QED) is 0.429. The molecule has 0 saturated carbocycles. The van der Waals surface area contributed by atoms with Gasteiger partial charge in [-0.05, 0) is 51.8 Å². The summed E-state index contributed by atoms with van der Waals surface area (Å²) in [4.78, 5) is 13.3. The lowest BCUT2D eigenvalue weighted by Crippen LogP contribution is -2.33. The molecule has 2 atom stereocenters. The molecule has 0 fully saturated rings. The number of ether oxygens (including phenoxy) is 3. The number of phenolic OH excluding ortho intramolecular Hbond substituents is 3. The summed E-state index contributed by atoms with van der Waals surface area (Å²) in [6, 6.07) is 4.40. The van der Waals surface area contributed by atoms with Crippen molar-refractivity contribution in [2.24, 2.45) is 0 Å². The van der Waals surface area contributed by atoms with Gasteiger partial charge in [0.2, 0.25) is 5.75 Å². The van der Waals surface area contributed by atoms with E-state index in [-0.39, 0.29) is 35.0 Å². The summed E-state index contributed by atoms with van der Waals surface area (Å²) in [5.74, 6) is -1.68. The van der Waals surface area contributed by atoms with Crippen LogP contribution in [-0.4, -0.2) is 40.4 Å². The zero-order valence-corrected chi connectivity index (χ0v) is 19.1. The summed E-state index contributed by atoms with van der Waals surface area (Å²) in [5.41, 5.74) is 1.51. The average Bonchev–Trinajstić information content (AvgIpc) is 2.75. The van der Waals surface area contributed by atoms with Gasteiger partial charge in [0.25, 0.3) is 0 Å². The average molecular weight is 453 g/mol. The van der Waals surface area contributed by atoms with E-state index in [1.807, 2.05) is 32.9 Å². The molecule has 7 heteroatoms. The molecule has 0 radical (unpaired) electrons. The topological polar surface area (TPSA) is 105 Å². The lowest BCUT2D eigenvalue weighted by atomic mass is 9.85. The van der Waals surface area contributed by atoms with Gasteiger partial charge >= 0.3 is 0 Å². The van der Waals surface area contributed by atoms with Crippen molar-refractivity contribution in [1.82, 2.24) is 0 Å². The van der Waals surface area contributed by atoms with Crippen molar-refractivity contribution in [3.05, 3.63) is 52.6 Å². The third-order valence-corrected chi connectivity index (χ3v) is 6.10. The molecule has 3 N–H and O–H groups in total. The van der Waals surface area contributed by atoms with Crippen molar-refractivity contribution in [2.45, 2.75) is 45.1 Å². The predicted octanol–water partition coefficient (Wildman–Crippen LogP) is 5.08. The summed E-state index contributed by atoms with van der Waals surface area (Å²) in [5, 5.41) is 31.3. The number of ketones is 1. The Labute approximate surface area is 192 Å². The van der Waals surface area contributed by atoms with Gasteiger partial charge in [0.1, 0.15) is 35.0 Å². The number of methoxy groups -OCH3 is 1. The van der Waals surface area contributed by atoms with Crippen LogP contribution in [0.4, 0.5) is 0 Å². The van der Waals surface area contributed by atoms with Gasteiger partial charge in [-0.25, -0.2) is 0 Å². The second kappa shape index (κ2) is 8.39. The molecule has 2 aromatic carbocycles. The van der Waals surface area contributed by atoms with E-state index in [1.54, 1.807) is 0 Å². The molecule has 2 aliphatic heterocycles. The minimum absolute atomic E-state index is 0.0288. The Morgan fingerprint density at radius 3 is 2.70 bits per heavy atom. The number of allylic oxidation sites excluding steroid dienone is 2. The van der Waals surface area contributed by atoms with Crippen molar-refractivity contribution in [1.29, 1.82) is 0 Å². The first-order valence-corrected chi connectivity index (χ1v) is 10.8. The van der Waals surface area contributed by atoms with Gasteiger partial charge in [-0.2, -0.15) is 0 Å². The lowest BCUT2D eigenvalue weighted by molar-refractivity contribution is 0.0886. The van der Waals surface area contributed by atoms with Crippen LogP contribution < -0.4 is 14.2 Å². The van der Waals surface area contributed by atoms with Crippen LogP contribution in [0.2, 0.25) is 0 Å². The highest BCUT2D eigenvalue weighted by Crippen LogP contribution is 2.49. The number of aromatic hydroxyl groups is 3. The van der Waals surface area contributed by atoms with E-state index in [0.29, 0.717) is 11.3 Å². The molecule has 0 aromatic heterocycles. The van der Waals surface area contributed by atoms with E-state index >= 15 is 0 Å². The first-order valence-electron chi connectivity index (χ1n) is 10.8. The summed E-state index contributed by atoms with van der Waals surface area (Å²) in [6.45, 7) is 6.01. The Bertz CT molecular complexity index is 1170. The highest BCUT2D eigenvalue weighted by atomic mass is 16.5. The Morgan fingerprint density at radius 1 is 1.24 bits per heavy atom. The van der Waals surface area contributed by atoms with Crippen LogP contribution in [0.5, 0.6) is 34.5 Å². The highest BCUT2D eigenvalue weighted by Gasteiger charge is 2.39. The van der Waals surface area contributed by atoms with Gasteiger partial charge in [0.15, 0.2) is 17.3 Å². The molecular weight excluding hydrogens is 424 g/mol. The van der Waals surface area contributed by atoms with E-state index in [9.17, 15) is 20.1 Å². The fourth-order valence-corrected chi connectivity index (χ4v) is 4.26. The van der Waals surface area contributed by atoms with Gasteiger partial charge < -0.3 is 29.5 Å². The fourth-order valence-electron chi connectivity index (χ4n) is 4.26. The van der Waals surface area contributed by atoms with Crippen LogP contribution in [0, 0.1) is 0 Å². The van der Waals surface area contributed by atoms with Gasteiger partial charge in [-0.15, -0.1) is 0 Å². The number of carbonyl (C=O) groups is 1. The SMILES string of the molecule is COc1ccc([C@H]2COc3c4c(cc(O)c3C2=O)O[C@@](C)(CCC=C(C)C)C=C4)c(O)c1O. The van der Waals surface area contributed by atoms with Crippen molar-refractivity contribution in [2.75, 3.05) is 13.7 Å². The summed E-state index contributed by atoms with van der Waals surface area (Å²) in [7, 11) is 1.36. The molecule has 2 heterocycles. The molecular formula is C26H28O7. The third-order valence-electron chi connectivity index (χ3n) is 6.10. The number of rotatable bonds is 5.